The highest BCUT2D eigenvalue weighted by Crippen LogP contribution is 2.17. The highest BCUT2D eigenvalue weighted by molar-refractivity contribution is 5.72. The van der Waals surface area contributed by atoms with E-state index in [1.165, 1.54) is 128 Å². The summed E-state index contributed by atoms with van der Waals surface area (Å²) >= 11 is 0. The fourth-order valence-electron chi connectivity index (χ4n) is 7.73. The second-order valence-electron chi connectivity index (χ2n) is 18.8. The molecule has 0 saturated carbocycles. The van der Waals surface area contributed by atoms with E-state index in [0.29, 0.717) is 19.3 Å². The van der Waals surface area contributed by atoms with E-state index in [4.69, 9.17) is 14.2 Å². The molecule has 0 aliphatic heterocycles. The summed E-state index contributed by atoms with van der Waals surface area (Å²) in [6.45, 7) is 4.62. The summed E-state index contributed by atoms with van der Waals surface area (Å²) in [5.74, 6) is -1.50. The molecular weight excluding hydrogens is 787 g/mol. The number of hydrogen-bond acceptors (Lipinski definition) is 6. The molecular formula is C55H100NO7+. The van der Waals surface area contributed by atoms with Gasteiger partial charge in [0, 0.05) is 19.3 Å². The van der Waals surface area contributed by atoms with Gasteiger partial charge >= 0.3 is 17.9 Å². The predicted molar refractivity (Wildman–Crippen MR) is 266 cm³/mol. The second-order valence-corrected chi connectivity index (χ2v) is 18.8. The molecule has 0 spiro atoms. The maximum absolute atomic E-state index is 12.8. The Kier molecular flexibility index (Phi) is 43.9. The lowest BCUT2D eigenvalue weighted by Gasteiger charge is -2.31. The molecule has 0 saturated heterocycles. The first-order valence-electron chi connectivity index (χ1n) is 26.2. The van der Waals surface area contributed by atoms with Gasteiger partial charge in [-0.25, -0.2) is 4.79 Å². The first-order chi connectivity index (χ1) is 30.6. The average Bonchev–Trinajstić information content (AvgIpc) is 3.24. The van der Waals surface area contributed by atoms with Gasteiger partial charge in [-0.15, -0.1) is 0 Å². The Morgan fingerprint density at radius 1 is 0.492 bits per heavy atom. The maximum Gasteiger partial charge on any atom is 0.362 e. The number of nitrogens with zero attached hydrogens (tertiary/aromatic N) is 1. The van der Waals surface area contributed by atoms with Crippen molar-refractivity contribution in [3.05, 3.63) is 48.6 Å². The van der Waals surface area contributed by atoms with Gasteiger partial charge in [0.1, 0.15) is 6.61 Å². The van der Waals surface area contributed by atoms with Crippen LogP contribution in [0, 0.1) is 0 Å². The zero-order valence-corrected chi connectivity index (χ0v) is 41.8. The number of carboxylic acid groups (broad SMARTS) is 1. The summed E-state index contributed by atoms with van der Waals surface area (Å²) in [7, 11) is 5.53. The van der Waals surface area contributed by atoms with E-state index in [0.717, 1.165) is 70.6 Å². The Bertz CT molecular complexity index is 1170. The van der Waals surface area contributed by atoms with Crippen LogP contribution < -0.4 is 0 Å². The first kappa shape index (κ1) is 60.3. The molecule has 0 rings (SSSR count). The molecule has 0 aliphatic rings. The van der Waals surface area contributed by atoms with Crippen LogP contribution >= 0.6 is 0 Å². The number of carbonyl (C=O) groups excluding carboxylic acids is 2. The van der Waals surface area contributed by atoms with E-state index in [2.05, 4.69) is 62.5 Å². The Hall–Kier alpha value is -2.71. The molecule has 8 heteroatoms. The lowest BCUT2D eigenvalue weighted by Crippen LogP contribution is -2.50. The van der Waals surface area contributed by atoms with Crippen LogP contribution in [0.25, 0.3) is 0 Å². The molecule has 366 valence electrons. The summed E-state index contributed by atoms with van der Waals surface area (Å²) < 4.78 is 17.3. The van der Waals surface area contributed by atoms with Crippen molar-refractivity contribution >= 4 is 17.9 Å². The van der Waals surface area contributed by atoms with Crippen molar-refractivity contribution in [3.8, 4) is 0 Å². The minimum atomic E-state index is -0.878. The van der Waals surface area contributed by atoms with Gasteiger partial charge in [-0.05, 0) is 51.4 Å². The van der Waals surface area contributed by atoms with E-state index in [1.807, 2.05) is 21.1 Å². The van der Waals surface area contributed by atoms with Crippen LogP contribution in [0.5, 0.6) is 0 Å². The van der Waals surface area contributed by atoms with Gasteiger partial charge in [0.25, 0.3) is 0 Å². The molecule has 0 fully saturated rings. The van der Waals surface area contributed by atoms with Gasteiger partial charge in [0.2, 0.25) is 0 Å². The maximum atomic E-state index is 12.8. The van der Waals surface area contributed by atoms with Crippen molar-refractivity contribution in [1.82, 2.24) is 0 Å². The summed E-state index contributed by atoms with van der Waals surface area (Å²) in [6.07, 6.45) is 56.0. The number of unbranched alkanes of at least 4 members (excludes halogenated alkanes) is 25. The van der Waals surface area contributed by atoms with Crippen LogP contribution in [0.2, 0.25) is 0 Å². The van der Waals surface area contributed by atoms with Crippen LogP contribution in [0.15, 0.2) is 48.6 Å². The largest absolute Gasteiger partial charge is 0.477 e. The number of aliphatic carboxylic acids is 1. The van der Waals surface area contributed by atoms with E-state index in [9.17, 15) is 19.5 Å². The van der Waals surface area contributed by atoms with Gasteiger partial charge in [-0.3, -0.25) is 9.59 Å². The van der Waals surface area contributed by atoms with Gasteiger partial charge in [0.15, 0.2) is 12.1 Å². The van der Waals surface area contributed by atoms with Crippen molar-refractivity contribution in [2.75, 3.05) is 41.0 Å². The lowest BCUT2D eigenvalue weighted by molar-refractivity contribution is -0.887. The zero-order valence-electron chi connectivity index (χ0n) is 41.8. The summed E-state index contributed by atoms with van der Waals surface area (Å²) in [6, 6.07) is -0.620. The third kappa shape index (κ3) is 44.3. The Balaban J connectivity index is 4.22. The predicted octanol–water partition coefficient (Wildman–Crippen LogP) is 15.1. The number of carboxylic acids is 1. The molecule has 0 aromatic heterocycles. The molecule has 63 heavy (non-hydrogen) atoms. The van der Waals surface area contributed by atoms with Gasteiger partial charge in [-0.1, -0.05) is 210 Å². The van der Waals surface area contributed by atoms with Crippen LogP contribution in [-0.4, -0.2) is 80.6 Å². The zero-order chi connectivity index (χ0) is 46.3. The normalized spacial score (nSPS) is 13.2. The van der Waals surface area contributed by atoms with Crippen molar-refractivity contribution in [3.63, 3.8) is 0 Å². The summed E-state index contributed by atoms with van der Waals surface area (Å²) in [5, 5.41) is 9.65. The van der Waals surface area contributed by atoms with Crippen LogP contribution in [0.3, 0.4) is 0 Å². The summed E-state index contributed by atoms with van der Waals surface area (Å²) in [5.41, 5.74) is 0. The standard InChI is InChI=1S/C55H99NO7/c1-6-8-10-12-14-16-18-20-22-24-25-26-27-28-29-30-32-34-36-38-40-42-44-46-54(58)63-51(49-61-48-47-52(55(59)60)56(3,4)5)50-62-53(57)45-43-41-39-37-35-33-31-23-21-19-17-15-13-11-9-7-2/h9,11,15,17,21,23,33,35,51-52H,6-8,10,12-14,16,18-20,22,24-32,34,36-50H2,1-5H3/p+1/b11-9+,17-15+,23-21+,35-33+. The van der Waals surface area contributed by atoms with Crippen molar-refractivity contribution in [1.29, 1.82) is 0 Å². The molecule has 0 bridgehead atoms. The fraction of sp³-hybridized carbons (Fsp3) is 0.800. The second kappa shape index (κ2) is 45.8. The Morgan fingerprint density at radius 2 is 0.889 bits per heavy atom. The monoisotopic (exact) mass is 887 g/mol. The average molecular weight is 887 g/mol. The molecule has 1 N–H and O–H groups in total. The minimum Gasteiger partial charge on any atom is -0.477 e. The van der Waals surface area contributed by atoms with E-state index < -0.39 is 18.1 Å². The highest BCUT2D eigenvalue weighted by atomic mass is 16.6. The van der Waals surface area contributed by atoms with Crippen molar-refractivity contribution < 1.29 is 38.2 Å². The highest BCUT2D eigenvalue weighted by Gasteiger charge is 2.31. The number of esters is 2. The number of rotatable bonds is 47. The van der Waals surface area contributed by atoms with Crippen molar-refractivity contribution in [2.24, 2.45) is 0 Å². The molecule has 0 radical (unpaired) electrons. The number of quaternary nitrogens is 1. The van der Waals surface area contributed by atoms with Crippen LogP contribution in [-0.2, 0) is 28.6 Å². The molecule has 0 heterocycles. The molecule has 2 unspecified atom stereocenters. The van der Waals surface area contributed by atoms with E-state index in [-0.39, 0.29) is 36.2 Å². The number of hydrogen-bond donors (Lipinski definition) is 1. The third-order valence-electron chi connectivity index (χ3n) is 11.7. The Labute approximate surface area is 388 Å². The fourth-order valence-corrected chi connectivity index (χ4v) is 7.73. The molecule has 0 amide bonds. The third-order valence-corrected chi connectivity index (χ3v) is 11.7. The molecule has 0 aromatic rings. The topological polar surface area (TPSA) is 99.1 Å². The van der Waals surface area contributed by atoms with Gasteiger partial charge in [0.05, 0.1) is 34.4 Å². The lowest BCUT2D eigenvalue weighted by atomic mass is 10.0. The molecule has 2 atom stereocenters. The molecule has 0 aliphatic carbocycles. The van der Waals surface area contributed by atoms with E-state index in [1.54, 1.807) is 0 Å². The minimum absolute atomic E-state index is 0.0524. The number of likely N-dealkylation sites (N-methyl/N-ethyl adjacent to an activating group) is 1. The van der Waals surface area contributed by atoms with Gasteiger partial charge < -0.3 is 23.8 Å². The van der Waals surface area contributed by atoms with Crippen LogP contribution in [0.1, 0.15) is 232 Å². The van der Waals surface area contributed by atoms with Crippen molar-refractivity contribution in [2.45, 2.75) is 244 Å². The first-order valence-corrected chi connectivity index (χ1v) is 26.2. The number of ether oxygens (including phenoxy) is 3. The van der Waals surface area contributed by atoms with Gasteiger partial charge in [-0.2, -0.15) is 0 Å². The SMILES string of the molecule is CC/C=C/C/C=C/C/C=C/C/C=C/CCCCCC(=O)OCC(COCCC(C(=O)O)[N+](C)(C)C)OC(=O)CCCCCCCCCCCCCCCCCCCCCCCCC. The van der Waals surface area contributed by atoms with E-state index >= 15 is 0 Å². The molecule has 0 aromatic carbocycles. The number of carbonyl (C=O) groups is 3. The Morgan fingerprint density at radius 3 is 1.32 bits per heavy atom. The summed E-state index contributed by atoms with van der Waals surface area (Å²) in [4.78, 5) is 37.1. The molecule has 8 nitrogen and oxygen atoms in total. The van der Waals surface area contributed by atoms with Crippen LogP contribution in [0.4, 0.5) is 0 Å². The number of allylic oxidation sites excluding steroid dienone is 8. The smallest absolute Gasteiger partial charge is 0.362 e. The quantitative estimate of drug-likeness (QED) is 0.0281.